The minimum absolute atomic E-state index is 0.0159. The maximum Gasteiger partial charge on any atom is 0.260 e. The second-order valence-electron chi connectivity index (χ2n) is 7.89. The predicted molar refractivity (Wildman–Crippen MR) is 131 cm³/mol. The fourth-order valence-electron chi connectivity index (χ4n) is 3.73. The highest BCUT2D eigenvalue weighted by atomic mass is 32.2. The minimum atomic E-state index is 0.0159. The smallest absolute Gasteiger partial charge is 0.260 e. The van der Waals surface area contributed by atoms with E-state index in [0.29, 0.717) is 12.1 Å². The van der Waals surface area contributed by atoms with E-state index in [4.69, 9.17) is 9.72 Å². The van der Waals surface area contributed by atoms with Crippen molar-refractivity contribution in [2.24, 2.45) is 0 Å². The fraction of sp³-hybridized carbons (Fsp3) is 0.417. The number of anilines is 1. The van der Waals surface area contributed by atoms with Gasteiger partial charge in [-0.3, -0.25) is 14.6 Å². The van der Waals surface area contributed by atoms with E-state index >= 15 is 0 Å². The zero-order chi connectivity index (χ0) is 21.8. The molecule has 0 unspecified atom stereocenters. The lowest BCUT2D eigenvalue weighted by Gasteiger charge is -2.27. The zero-order valence-electron chi connectivity index (χ0n) is 18.4. The molecular weight excluding hydrogens is 426 g/mol. The molecule has 0 N–H and O–H groups in total. The fourth-order valence-corrected chi connectivity index (χ4v) is 5.21. The molecule has 0 bridgehead atoms. The molecule has 31 heavy (non-hydrogen) atoms. The van der Waals surface area contributed by atoms with E-state index < -0.39 is 0 Å². The highest BCUT2D eigenvalue weighted by Gasteiger charge is 2.22. The van der Waals surface area contributed by atoms with Crippen molar-refractivity contribution in [1.29, 1.82) is 0 Å². The minimum Gasteiger partial charge on any atom is -0.379 e. The number of carbonyl (C=O) groups is 1. The molecule has 1 aliphatic heterocycles. The van der Waals surface area contributed by atoms with Crippen molar-refractivity contribution in [2.45, 2.75) is 25.2 Å². The number of fused-ring (bicyclic) bond motifs is 1. The average molecular weight is 456 g/mol. The molecule has 1 saturated heterocycles. The van der Waals surface area contributed by atoms with Crippen molar-refractivity contribution in [3.63, 3.8) is 0 Å². The molecule has 2 heterocycles. The summed E-state index contributed by atoms with van der Waals surface area (Å²) in [6.07, 6.45) is 2.95. The van der Waals surface area contributed by atoms with Crippen LogP contribution >= 0.6 is 23.1 Å². The molecule has 164 valence electrons. The number of morpholine rings is 1. The Bertz CT molecular complexity index is 1000. The molecule has 2 aromatic carbocycles. The average Bonchev–Trinajstić information content (AvgIpc) is 3.19. The molecule has 0 aliphatic carbocycles. The first kappa shape index (κ1) is 22.3. The number of aromatic nitrogens is 1. The van der Waals surface area contributed by atoms with Crippen LogP contribution in [0.15, 0.2) is 41.3 Å². The third kappa shape index (κ3) is 5.29. The monoisotopic (exact) mass is 455 g/mol. The number of thiazole rings is 1. The molecule has 0 atom stereocenters. The second kappa shape index (κ2) is 10.1. The Morgan fingerprint density at radius 3 is 2.58 bits per heavy atom. The van der Waals surface area contributed by atoms with Gasteiger partial charge in [-0.1, -0.05) is 11.3 Å². The second-order valence-corrected chi connectivity index (χ2v) is 9.78. The van der Waals surface area contributed by atoms with Crippen LogP contribution in [0.3, 0.4) is 0 Å². The van der Waals surface area contributed by atoms with Crippen LogP contribution in [-0.2, 0) is 4.74 Å². The molecule has 1 fully saturated rings. The van der Waals surface area contributed by atoms with Crippen LogP contribution in [0.2, 0.25) is 0 Å². The molecule has 5 nitrogen and oxygen atoms in total. The summed E-state index contributed by atoms with van der Waals surface area (Å²) in [6.45, 7) is 9.34. The number of nitrogens with zero attached hydrogens (tertiary/aromatic N) is 3. The van der Waals surface area contributed by atoms with Gasteiger partial charge >= 0.3 is 0 Å². The zero-order valence-corrected chi connectivity index (χ0v) is 20.0. The Balaban J connectivity index is 1.58. The number of rotatable bonds is 7. The van der Waals surface area contributed by atoms with E-state index in [1.165, 1.54) is 11.1 Å². The maximum atomic E-state index is 13.5. The van der Waals surface area contributed by atoms with E-state index in [-0.39, 0.29) is 5.91 Å². The summed E-state index contributed by atoms with van der Waals surface area (Å²) in [4.78, 5) is 23.8. The van der Waals surface area contributed by atoms with Gasteiger partial charge in [0.05, 0.1) is 23.4 Å². The molecule has 0 saturated carbocycles. The molecule has 3 aromatic rings. The van der Waals surface area contributed by atoms with Gasteiger partial charge in [-0.05, 0) is 74.0 Å². The number of benzene rings is 2. The largest absolute Gasteiger partial charge is 0.379 e. The van der Waals surface area contributed by atoms with Crippen LogP contribution < -0.4 is 4.90 Å². The van der Waals surface area contributed by atoms with Gasteiger partial charge in [0.2, 0.25) is 0 Å². The maximum absolute atomic E-state index is 13.5. The van der Waals surface area contributed by atoms with Gasteiger partial charge in [-0.15, -0.1) is 11.8 Å². The SMILES string of the molecule is CSc1ccc(C(=O)N(CCCN2CCOCC2)c2nc3cc(C)c(C)cc3s2)cc1. The molecule has 1 aromatic heterocycles. The van der Waals surface area contributed by atoms with Gasteiger partial charge in [0.25, 0.3) is 5.91 Å². The van der Waals surface area contributed by atoms with Crippen LogP contribution in [0.1, 0.15) is 27.9 Å². The van der Waals surface area contributed by atoms with Crippen molar-refractivity contribution < 1.29 is 9.53 Å². The molecule has 7 heteroatoms. The number of carbonyl (C=O) groups excluding carboxylic acids is 1. The molecule has 0 radical (unpaired) electrons. The summed E-state index contributed by atoms with van der Waals surface area (Å²) >= 11 is 3.28. The lowest BCUT2D eigenvalue weighted by Crippen LogP contribution is -2.39. The van der Waals surface area contributed by atoms with Gasteiger partial charge in [0.1, 0.15) is 0 Å². The van der Waals surface area contributed by atoms with Crippen LogP contribution in [0.4, 0.5) is 5.13 Å². The summed E-state index contributed by atoms with van der Waals surface area (Å²) in [5.74, 6) is 0.0159. The Morgan fingerprint density at radius 1 is 1.16 bits per heavy atom. The Hall–Kier alpha value is -1.93. The third-order valence-corrected chi connectivity index (χ3v) is 7.55. The first-order valence-corrected chi connectivity index (χ1v) is 12.7. The summed E-state index contributed by atoms with van der Waals surface area (Å²) < 4.78 is 6.57. The highest BCUT2D eigenvalue weighted by molar-refractivity contribution is 7.98. The summed E-state index contributed by atoms with van der Waals surface area (Å²) in [5, 5.41) is 0.779. The van der Waals surface area contributed by atoms with Crippen molar-refractivity contribution in [3.05, 3.63) is 53.1 Å². The number of aryl methyl sites for hydroxylation is 2. The van der Waals surface area contributed by atoms with E-state index in [1.54, 1.807) is 23.1 Å². The quantitative estimate of drug-likeness (QED) is 0.469. The van der Waals surface area contributed by atoms with Crippen LogP contribution in [0.25, 0.3) is 10.2 Å². The van der Waals surface area contributed by atoms with Crippen LogP contribution in [0, 0.1) is 13.8 Å². The highest BCUT2D eigenvalue weighted by Crippen LogP contribution is 2.32. The van der Waals surface area contributed by atoms with E-state index in [0.717, 1.165) is 59.5 Å². The predicted octanol–water partition coefficient (Wildman–Crippen LogP) is 5.00. The van der Waals surface area contributed by atoms with Crippen molar-refractivity contribution in [2.75, 3.05) is 50.5 Å². The van der Waals surface area contributed by atoms with Crippen LogP contribution in [-0.4, -0.2) is 61.4 Å². The molecule has 0 spiro atoms. The van der Waals surface area contributed by atoms with Crippen molar-refractivity contribution in [3.8, 4) is 0 Å². The lowest BCUT2D eigenvalue weighted by atomic mass is 10.1. The number of hydrogen-bond acceptors (Lipinski definition) is 6. The van der Waals surface area contributed by atoms with Gasteiger partial charge < -0.3 is 4.74 Å². The molecule has 1 aliphatic rings. The van der Waals surface area contributed by atoms with E-state index in [1.807, 2.05) is 35.4 Å². The summed E-state index contributed by atoms with van der Waals surface area (Å²) in [7, 11) is 0. The van der Waals surface area contributed by atoms with Gasteiger partial charge in [-0.25, -0.2) is 4.98 Å². The molecule has 4 rings (SSSR count). The van der Waals surface area contributed by atoms with Gasteiger partial charge in [0, 0.05) is 36.6 Å². The number of ether oxygens (including phenoxy) is 1. The Kier molecular flexibility index (Phi) is 7.27. The van der Waals surface area contributed by atoms with Crippen molar-refractivity contribution in [1.82, 2.24) is 9.88 Å². The van der Waals surface area contributed by atoms with Crippen LogP contribution in [0.5, 0.6) is 0 Å². The number of thioether (sulfide) groups is 1. The third-order valence-electron chi connectivity index (χ3n) is 5.77. The van der Waals surface area contributed by atoms with E-state index in [9.17, 15) is 4.79 Å². The number of hydrogen-bond donors (Lipinski definition) is 0. The lowest BCUT2D eigenvalue weighted by molar-refractivity contribution is 0.0376. The topological polar surface area (TPSA) is 45.7 Å². The first-order chi connectivity index (χ1) is 15.0. The Labute approximate surface area is 192 Å². The van der Waals surface area contributed by atoms with Gasteiger partial charge in [0.15, 0.2) is 5.13 Å². The molecular formula is C24H29N3O2S2. The standard InChI is InChI=1S/C24H29N3O2S2/c1-17-15-21-22(16-18(17)2)31-24(25-21)27(10-4-9-26-11-13-29-14-12-26)23(28)19-5-7-20(30-3)8-6-19/h5-8,15-16H,4,9-14H2,1-3H3. The summed E-state index contributed by atoms with van der Waals surface area (Å²) in [6, 6.07) is 12.2. The Morgan fingerprint density at radius 2 is 1.87 bits per heavy atom. The summed E-state index contributed by atoms with van der Waals surface area (Å²) in [5.41, 5.74) is 4.14. The first-order valence-electron chi connectivity index (χ1n) is 10.7. The van der Waals surface area contributed by atoms with E-state index in [2.05, 4.69) is 30.9 Å². The van der Waals surface area contributed by atoms with Gasteiger partial charge in [-0.2, -0.15) is 0 Å². The normalized spacial score (nSPS) is 14.8. The number of amides is 1. The molecule has 1 amide bonds. The van der Waals surface area contributed by atoms with Crippen molar-refractivity contribution >= 4 is 44.4 Å².